The second-order valence-corrected chi connectivity index (χ2v) is 7.66. The number of hydrogen-bond acceptors (Lipinski definition) is 10. The van der Waals surface area contributed by atoms with E-state index < -0.39 is 35.8 Å². The number of carboxylic acid groups (broad SMARTS) is 1. The summed E-state index contributed by atoms with van der Waals surface area (Å²) in [6.45, 7) is -0.478. The van der Waals surface area contributed by atoms with Crippen molar-refractivity contribution in [3.63, 3.8) is 0 Å². The van der Waals surface area contributed by atoms with Gasteiger partial charge in [-0.3, -0.25) is 19.3 Å². The fourth-order valence-corrected chi connectivity index (χ4v) is 4.80. The maximum Gasteiger partial charge on any atom is 0.352 e. The van der Waals surface area contributed by atoms with E-state index in [0.29, 0.717) is 6.41 Å². The van der Waals surface area contributed by atoms with Crippen LogP contribution in [0.2, 0.25) is 0 Å². The molecule has 2 atom stereocenters. The van der Waals surface area contributed by atoms with Crippen LogP contribution in [0.4, 0.5) is 5.13 Å². The Morgan fingerprint density at radius 3 is 2.90 bits per heavy atom. The number of aliphatic hydroxyl groups is 1. The fourth-order valence-electron chi connectivity index (χ4n) is 2.81. The van der Waals surface area contributed by atoms with Gasteiger partial charge in [-0.1, -0.05) is 5.16 Å². The second-order valence-electron chi connectivity index (χ2n) is 5.70. The van der Waals surface area contributed by atoms with Gasteiger partial charge in [-0.2, -0.15) is 0 Å². The monoisotopic (exact) mass is 441 g/mol. The van der Waals surface area contributed by atoms with Crippen molar-refractivity contribution in [1.29, 1.82) is 0 Å². The summed E-state index contributed by atoms with van der Waals surface area (Å²) in [5, 5.41) is 28.3. The van der Waals surface area contributed by atoms with Crippen molar-refractivity contribution in [3.8, 4) is 0 Å². The Bertz CT molecular complexity index is 928. The molecule has 1 saturated heterocycles. The van der Waals surface area contributed by atoms with E-state index in [1.54, 1.807) is 0 Å². The average molecular weight is 441 g/mol. The summed E-state index contributed by atoms with van der Waals surface area (Å²) >= 11 is 2.29. The molecule has 154 valence electrons. The van der Waals surface area contributed by atoms with Gasteiger partial charge in [0.2, 0.25) is 6.41 Å². The highest BCUT2D eigenvalue weighted by Crippen LogP contribution is 2.40. The number of fused-ring (bicyclic) bond motifs is 1. The molecule has 0 bridgehead atoms. The van der Waals surface area contributed by atoms with Gasteiger partial charge in [-0.15, -0.1) is 23.1 Å². The van der Waals surface area contributed by atoms with Crippen LogP contribution in [0.25, 0.3) is 0 Å². The molecular weight excluding hydrogens is 426 g/mol. The predicted molar refractivity (Wildman–Crippen MR) is 102 cm³/mol. The van der Waals surface area contributed by atoms with Crippen molar-refractivity contribution < 1.29 is 34.2 Å². The molecule has 1 aromatic heterocycles. The molecule has 14 heteroatoms. The number of oxime groups is 1. The summed E-state index contributed by atoms with van der Waals surface area (Å²) in [6, 6.07) is -0.977. The normalized spacial score (nSPS) is 21.2. The van der Waals surface area contributed by atoms with E-state index >= 15 is 0 Å². The van der Waals surface area contributed by atoms with E-state index in [9.17, 15) is 29.4 Å². The lowest BCUT2D eigenvalue weighted by atomic mass is 10.0. The maximum absolute atomic E-state index is 12.7. The van der Waals surface area contributed by atoms with Crippen LogP contribution in [0, 0.1) is 0 Å². The summed E-state index contributed by atoms with van der Waals surface area (Å²) in [4.78, 5) is 56.9. The molecule has 1 fully saturated rings. The molecular formula is C15H15N5O7S2. The van der Waals surface area contributed by atoms with Crippen LogP contribution in [-0.2, 0) is 24.0 Å². The average Bonchev–Trinajstić information content (AvgIpc) is 3.17. The third kappa shape index (κ3) is 3.81. The Balaban J connectivity index is 1.77. The number of aromatic nitrogens is 1. The Kier molecular flexibility index (Phi) is 6.14. The van der Waals surface area contributed by atoms with Crippen molar-refractivity contribution in [2.24, 2.45) is 5.16 Å². The molecule has 3 amide bonds. The largest absolute Gasteiger partial charge is 0.477 e. The number of aliphatic carboxylic acids is 1. The smallest absolute Gasteiger partial charge is 0.352 e. The van der Waals surface area contributed by atoms with E-state index in [1.807, 2.05) is 0 Å². The first-order valence-corrected chi connectivity index (χ1v) is 9.94. The number of hydrogen-bond donors (Lipinski definition) is 4. The highest BCUT2D eigenvalue weighted by Gasteiger charge is 2.54. The van der Waals surface area contributed by atoms with Crippen LogP contribution in [-0.4, -0.2) is 80.9 Å². The predicted octanol–water partition coefficient (Wildman–Crippen LogP) is -1.21. The van der Waals surface area contributed by atoms with Crippen molar-refractivity contribution in [2.45, 2.75) is 11.4 Å². The van der Waals surface area contributed by atoms with Gasteiger partial charge in [0.05, 0.1) is 6.61 Å². The van der Waals surface area contributed by atoms with Gasteiger partial charge in [0.1, 0.15) is 29.9 Å². The summed E-state index contributed by atoms with van der Waals surface area (Å²) in [5.41, 5.74) is -0.107. The topological polar surface area (TPSA) is 171 Å². The third-order valence-electron chi connectivity index (χ3n) is 4.05. The number of thioether (sulfide) groups is 1. The maximum atomic E-state index is 12.7. The molecule has 4 N–H and O–H groups in total. The summed E-state index contributed by atoms with van der Waals surface area (Å²) in [5.74, 6) is -2.47. The van der Waals surface area contributed by atoms with E-state index in [0.717, 1.165) is 16.2 Å². The Morgan fingerprint density at radius 2 is 2.28 bits per heavy atom. The fraction of sp³-hybridized carbons (Fsp3) is 0.333. The van der Waals surface area contributed by atoms with Crippen molar-refractivity contribution >= 4 is 58.1 Å². The van der Waals surface area contributed by atoms with Crippen molar-refractivity contribution in [1.82, 2.24) is 15.2 Å². The van der Waals surface area contributed by atoms with Gasteiger partial charge in [-0.05, 0) is 5.57 Å². The number of carboxylic acids is 1. The standard InChI is InChI=1S/C15H15N5O7S2/c1-27-19-8(7-4-29-15(17-7)16-5-22)11(23)18-9-12(24)20-10(14(25)26)6(2-21)3-28-13(9)20/h4-5,9,13,21H,2-3H2,1H3,(H,18,23)(H,25,26)(H,16,17,22)/b19-8-/t9-,13+/m1/s1. The van der Waals surface area contributed by atoms with Gasteiger partial charge >= 0.3 is 5.97 Å². The highest BCUT2D eigenvalue weighted by atomic mass is 32.2. The number of carbonyl (C=O) groups is 4. The number of aliphatic hydroxyl groups excluding tert-OH is 1. The number of amides is 3. The van der Waals surface area contributed by atoms with Crippen LogP contribution >= 0.6 is 23.1 Å². The molecule has 2 aliphatic heterocycles. The molecule has 0 aliphatic carbocycles. The van der Waals surface area contributed by atoms with Crippen molar-refractivity contribution in [3.05, 3.63) is 22.3 Å². The first kappa shape index (κ1) is 20.8. The molecule has 2 aliphatic rings. The van der Waals surface area contributed by atoms with E-state index in [1.165, 1.54) is 24.3 Å². The first-order chi connectivity index (χ1) is 13.9. The molecule has 1 aromatic rings. The molecule has 3 heterocycles. The molecule has 29 heavy (non-hydrogen) atoms. The summed E-state index contributed by atoms with van der Waals surface area (Å²) in [7, 11) is 1.23. The summed E-state index contributed by atoms with van der Waals surface area (Å²) in [6.07, 6.45) is 0.436. The molecule has 0 saturated carbocycles. The Hall–Kier alpha value is -2.97. The minimum atomic E-state index is -1.32. The Labute approximate surface area is 171 Å². The first-order valence-electron chi connectivity index (χ1n) is 8.01. The lowest BCUT2D eigenvalue weighted by Crippen LogP contribution is -2.71. The molecule has 3 rings (SSSR count). The van der Waals surface area contributed by atoms with E-state index in [-0.39, 0.29) is 33.6 Å². The molecule has 0 radical (unpaired) electrons. The van der Waals surface area contributed by atoms with Crippen LogP contribution in [0.3, 0.4) is 0 Å². The zero-order valence-electron chi connectivity index (χ0n) is 14.8. The van der Waals surface area contributed by atoms with E-state index in [2.05, 4.69) is 25.6 Å². The van der Waals surface area contributed by atoms with Crippen LogP contribution in [0.5, 0.6) is 0 Å². The highest BCUT2D eigenvalue weighted by molar-refractivity contribution is 8.00. The molecule has 12 nitrogen and oxygen atoms in total. The lowest BCUT2D eigenvalue weighted by molar-refractivity contribution is -0.150. The van der Waals surface area contributed by atoms with E-state index in [4.69, 9.17) is 0 Å². The van der Waals surface area contributed by atoms with Crippen LogP contribution in [0.15, 0.2) is 21.8 Å². The second kappa shape index (κ2) is 8.59. The quantitative estimate of drug-likeness (QED) is 0.167. The minimum Gasteiger partial charge on any atom is -0.477 e. The van der Waals surface area contributed by atoms with Crippen LogP contribution < -0.4 is 10.6 Å². The molecule has 0 aromatic carbocycles. The molecule has 0 unspecified atom stereocenters. The van der Waals surface area contributed by atoms with Crippen molar-refractivity contribution in [2.75, 3.05) is 24.8 Å². The third-order valence-corrected chi connectivity index (χ3v) is 6.17. The van der Waals surface area contributed by atoms with Gasteiger partial charge in [0.15, 0.2) is 10.8 Å². The zero-order valence-corrected chi connectivity index (χ0v) is 16.5. The van der Waals surface area contributed by atoms with Gasteiger partial charge < -0.3 is 25.7 Å². The number of β-lactam (4-membered cyclic amide) rings is 1. The van der Waals surface area contributed by atoms with Gasteiger partial charge in [-0.25, -0.2) is 9.78 Å². The number of rotatable bonds is 8. The van der Waals surface area contributed by atoms with Gasteiger partial charge in [0, 0.05) is 11.1 Å². The molecule has 0 spiro atoms. The number of thiazole rings is 1. The zero-order chi connectivity index (χ0) is 21.1. The SMILES string of the molecule is CO/N=C(\C(=O)N[C@@H]1C(=O)N2C(C(=O)O)=C(CO)CS[C@@H]12)c1csc(NC=O)n1. The number of nitrogens with zero attached hydrogens (tertiary/aromatic N) is 3. The number of anilines is 1. The van der Waals surface area contributed by atoms with Gasteiger partial charge in [0.25, 0.3) is 11.8 Å². The van der Waals surface area contributed by atoms with Crippen LogP contribution in [0.1, 0.15) is 5.69 Å². The lowest BCUT2D eigenvalue weighted by Gasteiger charge is -2.49. The minimum absolute atomic E-state index is 0.132. The number of nitrogens with one attached hydrogen (secondary N) is 2. The number of carbonyl (C=O) groups excluding carboxylic acids is 3. The summed E-state index contributed by atoms with van der Waals surface area (Å²) < 4.78 is 0. The Morgan fingerprint density at radius 1 is 1.52 bits per heavy atom.